The molecule has 0 bridgehead atoms. The molecule has 3 N–H and O–H groups in total. The van der Waals surface area contributed by atoms with Gasteiger partial charge in [0.2, 0.25) is 5.70 Å². The molecule has 2 atom stereocenters. The van der Waals surface area contributed by atoms with Gasteiger partial charge in [0.05, 0.1) is 18.6 Å². The van der Waals surface area contributed by atoms with Gasteiger partial charge in [-0.15, -0.1) is 0 Å². The third-order valence-corrected chi connectivity index (χ3v) is 5.17. The zero-order valence-corrected chi connectivity index (χ0v) is 19.0. The van der Waals surface area contributed by atoms with Crippen molar-refractivity contribution in [3.8, 4) is 0 Å². The van der Waals surface area contributed by atoms with Crippen LogP contribution in [-0.4, -0.2) is 59.2 Å². The lowest BCUT2D eigenvalue weighted by atomic mass is 9.76. The van der Waals surface area contributed by atoms with Gasteiger partial charge in [-0.05, 0) is 36.7 Å². The fraction of sp³-hybridized carbons (Fsp3) is 0.522. The number of carbonyl (C=O) groups excluding carboxylic acids is 2. The lowest BCUT2D eigenvalue weighted by molar-refractivity contribution is -0.131. The number of amides is 2. The molecule has 1 aliphatic heterocycles. The van der Waals surface area contributed by atoms with Crippen molar-refractivity contribution >= 4 is 19.1 Å². The molecule has 1 aliphatic rings. The molecule has 9 heteroatoms. The van der Waals surface area contributed by atoms with E-state index in [-0.39, 0.29) is 36.1 Å². The molecule has 32 heavy (non-hydrogen) atoms. The number of nitrogens with one attached hydrogen (secondary N) is 1. The monoisotopic (exact) mass is 441 g/mol. The average molecular weight is 441 g/mol. The van der Waals surface area contributed by atoms with Crippen molar-refractivity contribution in [2.24, 2.45) is 5.41 Å². The first-order valence-electron chi connectivity index (χ1n) is 10.9. The molecular weight excluding hydrogens is 409 g/mol. The number of ether oxygens (including phenoxy) is 1. The van der Waals surface area contributed by atoms with Gasteiger partial charge in [0.15, 0.2) is 0 Å². The van der Waals surface area contributed by atoms with Crippen molar-refractivity contribution in [1.82, 2.24) is 10.2 Å². The number of allylic oxidation sites excluding steroid dienone is 1. The number of carbonyl (C=O) groups is 2. The van der Waals surface area contributed by atoms with E-state index in [0.29, 0.717) is 13.0 Å². The molecular formula is C23H32BN3O5. The number of likely N-dealkylation sites (tertiary alicyclic amines) is 1. The van der Waals surface area contributed by atoms with E-state index >= 15 is 0 Å². The van der Waals surface area contributed by atoms with Gasteiger partial charge < -0.3 is 25.0 Å². The van der Waals surface area contributed by atoms with Crippen LogP contribution in [0.1, 0.15) is 45.6 Å². The van der Waals surface area contributed by atoms with E-state index in [1.165, 1.54) is 0 Å². The number of piperidine rings is 1. The summed E-state index contributed by atoms with van der Waals surface area (Å²) in [6.45, 7) is 13.6. The van der Waals surface area contributed by atoms with E-state index in [1.54, 1.807) is 11.0 Å². The number of rotatable bonds is 7. The summed E-state index contributed by atoms with van der Waals surface area (Å²) in [5.41, 5.74) is 0.600. The minimum atomic E-state index is -1.75. The molecule has 1 saturated heterocycles. The van der Waals surface area contributed by atoms with Gasteiger partial charge in [-0.2, -0.15) is 0 Å². The van der Waals surface area contributed by atoms with Gasteiger partial charge in [0, 0.05) is 6.54 Å². The Morgan fingerprint density at radius 2 is 2.00 bits per heavy atom. The van der Waals surface area contributed by atoms with E-state index in [4.69, 9.17) is 11.3 Å². The molecule has 0 aliphatic carbocycles. The summed E-state index contributed by atoms with van der Waals surface area (Å²) in [4.78, 5) is 30.3. The molecule has 1 aromatic carbocycles. The Kier molecular flexibility index (Phi) is 9.30. The van der Waals surface area contributed by atoms with Gasteiger partial charge in [-0.25, -0.2) is 9.64 Å². The Labute approximate surface area is 190 Å². The van der Waals surface area contributed by atoms with Crippen molar-refractivity contribution in [3.63, 3.8) is 0 Å². The molecule has 172 valence electrons. The number of benzene rings is 1. The van der Waals surface area contributed by atoms with Crippen molar-refractivity contribution in [2.75, 3.05) is 13.2 Å². The summed E-state index contributed by atoms with van der Waals surface area (Å²) in [5, 5.41) is 21.8. The Morgan fingerprint density at radius 3 is 2.59 bits per heavy atom. The quantitative estimate of drug-likeness (QED) is 0.343. The first kappa shape index (κ1) is 25.4. The molecule has 0 saturated carbocycles. The van der Waals surface area contributed by atoms with Gasteiger partial charge in [-0.3, -0.25) is 4.79 Å². The minimum absolute atomic E-state index is 0.0298. The fourth-order valence-electron chi connectivity index (χ4n) is 3.60. The first-order chi connectivity index (χ1) is 15.1. The van der Waals surface area contributed by atoms with E-state index in [0.717, 1.165) is 18.4 Å². The highest BCUT2D eigenvalue weighted by molar-refractivity contribution is 6.43. The molecule has 2 rings (SSSR count). The summed E-state index contributed by atoms with van der Waals surface area (Å²) in [7, 11) is -1.75. The molecule has 0 unspecified atom stereocenters. The van der Waals surface area contributed by atoms with E-state index in [1.807, 2.05) is 51.1 Å². The summed E-state index contributed by atoms with van der Waals surface area (Å²) >= 11 is 0. The highest BCUT2D eigenvalue weighted by Crippen LogP contribution is 2.24. The summed E-state index contributed by atoms with van der Waals surface area (Å²) < 4.78 is 5.33. The largest absolute Gasteiger partial charge is 0.475 e. The lowest BCUT2D eigenvalue weighted by Gasteiger charge is -2.35. The van der Waals surface area contributed by atoms with Crippen LogP contribution in [0.5, 0.6) is 0 Å². The molecule has 1 heterocycles. The third kappa shape index (κ3) is 8.02. The first-order valence-corrected chi connectivity index (χ1v) is 10.9. The van der Waals surface area contributed by atoms with Crippen LogP contribution in [-0.2, 0) is 16.0 Å². The maximum atomic E-state index is 13.0. The zero-order chi connectivity index (χ0) is 23.7. The Balaban J connectivity index is 1.99. The number of hydrogen-bond donors (Lipinski definition) is 3. The highest BCUT2D eigenvalue weighted by Gasteiger charge is 2.31. The predicted octanol–water partition coefficient (Wildman–Crippen LogP) is 2.57. The Morgan fingerprint density at radius 1 is 1.31 bits per heavy atom. The maximum Gasteiger partial charge on any atom is 0.475 e. The zero-order valence-electron chi connectivity index (χ0n) is 19.0. The van der Waals surface area contributed by atoms with Crippen LogP contribution in [0.4, 0.5) is 4.79 Å². The normalized spacial score (nSPS) is 17.8. The third-order valence-electron chi connectivity index (χ3n) is 5.17. The molecule has 8 nitrogen and oxygen atoms in total. The average Bonchev–Trinajstić information content (AvgIpc) is 2.75. The van der Waals surface area contributed by atoms with Crippen LogP contribution < -0.4 is 5.32 Å². The van der Waals surface area contributed by atoms with Crippen molar-refractivity contribution in [1.29, 1.82) is 0 Å². The Bertz CT molecular complexity index is 845. The van der Waals surface area contributed by atoms with Crippen LogP contribution >= 0.6 is 0 Å². The molecule has 0 radical (unpaired) electrons. The Hall–Kier alpha value is -2.83. The SMILES string of the molecule is [C-]#[N+]/C(=C\C(C)(C)C)C(=O)N1CCCC[C@H]1COC(=O)N[C@@H](Cc1ccccc1)B(O)O. The molecule has 2 amide bonds. The molecule has 1 aromatic rings. The van der Waals surface area contributed by atoms with Crippen LogP contribution in [0.15, 0.2) is 42.1 Å². The van der Waals surface area contributed by atoms with Gasteiger partial charge in [-0.1, -0.05) is 57.2 Å². The predicted molar refractivity (Wildman–Crippen MR) is 122 cm³/mol. The topological polar surface area (TPSA) is 103 Å². The van der Waals surface area contributed by atoms with Crippen LogP contribution in [0.2, 0.25) is 0 Å². The smallest absolute Gasteiger partial charge is 0.447 e. The number of alkyl carbamates (subject to hydrolysis) is 1. The van der Waals surface area contributed by atoms with E-state index in [9.17, 15) is 19.6 Å². The second-order valence-corrected chi connectivity index (χ2v) is 9.11. The van der Waals surface area contributed by atoms with Crippen LogP contribution in [0.3, 0.4) is 0 Å². The fourth-order valence-corrected chi connectivity index (χ4v) is 3.60. The van der Waals surface area contributed by atoms with Crippen LogP contribution in [0, 0.1) is 12.0 Å². The van der Waals surface area contributed by atoms with Crippen LogP contribution in [0.25, 0.3) is 4.85 Å². The van der Waals surface area contributed by atoms with Gasteiger partial charge in [0.1, 0.15) is 6.61 Å². The lowest BCUT2D eigenvalue weighted by Crippen LogP contribution is -2.50. The molecule has 0 spiro atoms. The molecule has 1 fully saturated rings. The summed E-state index contributed by atoms with van der Waals surface area (Å²) in [5.74, 6) is -1.28. The second-order valence-electron chi connectivity index (χ2n) is 9.11. The van der Waals surface area contributed by atoms with Crippen molar-refractivity contribution in [3.05, 3.63) is 59.1 Å². The minimum Gasteiger partial charge on any atom is -0.447 e. The van der Waals surface area contributed by atoms with Crippen molar-refractivity contribution < 1.29 is 24.4 Å². The van der Waals surface area contributed by atoms with E-state index in [2.05, 4.69) is 10.2 Å². The number of hydrogen-bond acceptors (Lipinski definition) is 5. The summed E-state index contributed by atoms with van der Waals surface area (Å²) in [6.07, 6.45) is 3.49. The van der Waals surface area contributed by atoms with Crippen molar-refractivity contribution in [2.45, 2.75) is 58.4 Å². The molecule has 0 aromatic heterocycles. The standard InChI is InChI=1S/C23H32BN3O5/c1-23(2,3)15-19(25-4)21(28)27-13-9-8-12-18(27)16-32-22(29)26-20(24(30)31)14-17-10-6-5-7-11-17/h5-7,10-11,15,18,20,30-31H,8-9,12-14,16H2,1-3H3,(H,26,29)/b19-15-/t18-,20-/m0/s1. The van der Waals surface area contributed by atoms with Gasteiger partial charge >= 0.3 is 13.2 Å². The highest BCUT2D eigenvalue weighted by atomic mass is 16.5. The maximum absolute atomic E-state index is 13.0. The van der Waals surface area contributed by atoms with Gasteiger partial charge in [0.25, 0.3) is 5.91 Å². The second kappa shape index (κ2) is 11.7. The number of nitrogens with zero attached hydrogens (tertiary/aromatic N) is 2. The van der Waals surface area contributed by atoms with E-state index < -0.39 is 19.2 Å². The summed E-state index contributed by atoms with van der Waals surface area (Å²) in [6, 6.07) is 8.83.